The Hall–Kier alpha value is -2.64. The van der Waals surface area contributed by atoms with Crippen molar-refractivity contribution in [3.63, 3.8) is 0 Å². The lowest BCUT2D eigenvalue weighted by atomic mass is 10.1. The van der Waals surface area contributed by atoms with E-state index in [1.807, 2.05) is 38.1 Å². The van der Waals surface area contributed by atoms with Gasteiger partial charge in [-0.15, -0.1) is 11.8 Å². The van der Waals surface area contributed by atoms with Crippen LogP contribution in [0.5, 0.6) is 0 Å². The van der Waals surface area contributed by atoms with E-state index in [2.05, 4.69) is 41.3 Å². The van der Waals surface area contributed by atoms with Gasteiger partial charge in [0.15, 0.2) is 0 Å². The molecule has 1 aromatic heterocycles. The highest BCUT2D eigenvalue weighted by molar-refractivity contribution is 8.00. The van der Waals surface area contributed by atoms with Gasteiger partial charge >= 0.3 is 0 Å². The van der Waals surface area contributed by atoms with Crippen molar-refractivity contribution in [2.24, 2.45) is 5.10 Å². The fourth-order valence-corrected chi connectivity index (χ4v) is 4.81. The van der Waals surface area contributed by atoms with Gasteiger partial charge in [0.1, 0.15) is 11.3 Å². The van der Waals surface area contributed by atoms with Crippen molar-refractivity contribution in [3.8, 4) is 0 Å². The summed E-state index contributed by atoms with van der Waals surface area (Å²) in [6.07, 6.45) is 0. The molecule has 0 bridgehead atoms. The van der Waals surface area contributed by atoms with E-state index in [1.54, 1.807) is 11.8 Å². The number of nitrogens with zero attached hydrogens (tertiary/aromatic N) is 3. The fraction of sp³-hybridized carbons (Fsp3) is 0.227. The van der Waals surface area contributed by atoms with Crippen LogP contribution in [0.2, 0.25) is 0 Å². The predicted molar refractivity (Wildman–Crippen MR) is 121 cm³/mol. The number of ether oxygens (including phenoxy) is 1. The Morgan fingerprint density at radius 2 is 1.93 bits per heavy atom. The molecule has 148 valence electrons. The zero-order valence-corrected chi connectivity index (χ0v) is 18.1. The van der Waals surface area contributed by atoms with Crippen LogP contribution in [-0.2, 0) is 9.53 Å². The maximum Gasteiger partial charge on any atom is 0.286 e. The summed E-state index contributed by atoms with van der Waals surface area (Å²) in [5.41, 5.74) is 3.33. The van der Waals surface area contributed by atoms with E-state index in [-0.39, 0.29) is 5.91 Å². The number of hydrogen-bond acceptors (Lipinski definition) is 6. The molecule has 1 amide bonds. The number of aromatic nitrogens is 1. The summed E-state index contributed by atoms with van der Waals surface area (Å²) in [7, 11) is 0. The summed E-state index contributed by atoms with van der Waals surface area (Å²) in [4.78, 5) is 18.9. The molecular weight excluding hydrogens is 402 g/mol. The van der Waals surface area contributed by atoms with Gasteiger partial charge in [0.2, 0.25) is 5.13 Å². The quantitative estimate of drug-likeness (QED) is 0.302. The number of hydrogen-bond donors (Lipinski definition) is 0. The lowest BCUT2D eigenvalue weighted by Crippen LogP contribution is -2.22. The van der Waals surface area contributed by atoms with Gasteiger partial charge in [0.25, 0.3) is 5.91 Å². The number of carbonyl (C=O) groups is 1. The third-order valence-corrected chi connectivity index (χ3v) is 6.52. The zero-order chi connectivity index (χ0) is 20.4. The number of anilines is 1. The molecule has 1 aliphatic rings. The highest BCUT2D eigenvalue weighted by atomic mass is 32.2. The van der Waals surface area contributed by atoms with Crippen molar-refractivity contribution in [1.82, 2.24) is 4.98 Å². The van der Waals surface area contributed by atoms with Gasteiger partial charge in [-0.2, -0.15) is 10.1 Å². The SMILES string of the molecule is CCO/C(C)=C1\C(=O)N(c2nc3ccccc3s2)N=C1CSc1ccc(C)cc1. The molecule has 1 aliphatic heterocycles. The average Bonchev–Trinajstić information content (AvgIpc) is 3.28. The van der Waals surface area contributed by atoms with E-state index in [1.165, 1.54) is 21.9 Å². The second-order valence-electron chi connectivity index (χ2n) is 6.59. The maximum atomic E-state index is 13.2. The molecular formula is C22H21N3O2S2. The van der Waals surface area contributed by atoms with Gasteiger partial charge in [0.05, 0.1) is 22.5 Å². The summed E-state index contributed by atoms with van der Waals surface area (Å²) in [6.45, 7) is 6.30. The Bertz CT molecular complexity index is 1080. The number of rotatable bonds is 6. The summed E-state index contributed by atoms with van der Waals surface area (Å²) >= 11 is 3.11. The molecule has 0 saturated carbocycles. The average molecular weight is 424 g/mol. The lowest BCUT2D eigenvalue weighted by Gasteiger charge is -2.09. The fourth-order valence-electron chi connectivity index (χ4n) is 3.06. The normalized spacial score (nSPS) is 15.8. The van der Waals surface area contributed by atoms with Crippen LogP contribution in [0.1, 0.15) is 19.4 Å². The van der Waals surface area contributed by atoms with Gasteiger partial charge < -0.3 is 4.74 Å². The van der Waals surface area contributed by atoms with Crippen LogP contribution in [0.15, 0.2) is 69.9 Å². The Morgan fingerprint density at radius 1 is 1.17 bits per heavy atom. The number of thiazole rings is 1. The van der Waals surface area contributed by atoms with Crippen molar-refractivity contribution in [3.05, 3.63) is 65.4 Å². The molecule has 0 unspecified atom stereocenters. The second kappa shape index (κ2) is 8.39. The van der Waals surface area contributed by atoms with E-state index >= 15 is 0 Å². The summed E-state index contributed by atoms with van der Waals surface area (Å²) in [6, 6.07) is 16.2. The number of aryl methyl sites for hydroxylation is 1. The lowest BCUT2D eigenvalue weighted by molar-refractivity contribution is -0.114. The van der Waals surface area contributed by atoms with Crippen molar-refractivity contribution in [2.75, 3.05) is 17.4 Å². The van der Waals surface area contributed by atoms with E-state index in [9.17, 15) is 4.79 Å². The van der Waals surface area contributed by atoms with Crippen LogP contribution in [0.25, 0.3) is 10.2 Å². The number of carbonyl (C=O) groups excluding carboxylic acids is 1. The maximum absolute atomic E-state index is 13.2. The first kappa shape index (κ1) is 19.7. The first-order chi connectivity index (χ1) is 14.1. The monoisotopic (exact) mass is 423 g/mol. The topological polar surface area (TPSA) is 54.8 Å². The molecule has 0 radical (unpaired) electrons. The van der Waals surface area contributed by atoms with E-state index in [0.717, 1.165) is 15.1 Å². The Kier molecular flexibility index (Phi) is 5.69. The number of thioether (sulfide) groups is 1. The Labute approximate surface area is 178 Å². The minimum atomic E-state index is -0.186. The number of amides is 1. The minimum Gasteiger partial charge on any atom is -0.498 e. The summed E-state index contributed by atoms with van der Waals surface area (Å²) in [5, 5.41) is 6.63. The van der Waals surface area contributed by atoms with Crippen LogP contribution < -0.4 is 5.01 Å². The third-order valence-electron chi connectivity index (χ3n) is 4.49. The number of fused-ring (bicyclic) bond motifs is 1. The molecule has 5 nitrogen and oxygen atoms in total. The van der Waals surface area contributed by atoms with Crippen LogP contribution in [0.3, 0.4) is 0 Å². The zero-order valence-electron chi connectivity index (χ0n) is 16.5. The summed E-state index contributed by atoms with van der Waals surface area (Å²) < 4.78 is 6.69. The van der Waals surface area contributed by atoms with Gasteiger partial charge in [-0.25, -0.2) is 4.98 Å². The first-order valence-electron chi connectivity index (χ1n) is 9.38. The molecule has 0 fully saturated rings. The molecule has 4 rings (SSSR count). The minimum absolute atomic E-state index is 0.186. The van der Waals surface area contributed by atoms with Crippen LogP contribution in [0.4, 0.5) is 5.13 Å². The molecule has 0 atom stereocenters. The number of benzene rings is 2. The largest absolute Gasteiger partial charge is 0.498 e. The van der Waals surface area contributed by atoms with Gasteiger partial charge in [0, 0.05) is 10.6 Å². The van der Waals surface area contributed by atoms with E-state index in [0.29, 0.717) is 34.5 Å². The molecule has 2 aromatic carbocycles. The van der Waals surface area contributed by atoms with Crippen molar-refractivity contribution in [1.29, 1.82) is 0 Å². The van der Waals surface area contributed by atoms with Gasteiger partial charge in [-0.1, -0.05) is 41.2 Å². The first-order valence-corrected chi connectivity index (χ1v) is 11.2. The van der Waals surface area contributed by atoms with Crippen LogP contribution >= 0.6 is 23.1 Å². The highest BCUT2D eigenvalue weighted by Crippen LogP contribution is 2.34. The molecule has 0 aliphatic carbocycles. The van der Waals surface area contributed by atoms with Gasteiger partial charge in [-0.05, 0) is 45.0 Å². The number of para-hydroxylation sites is 1. The van der Waals surface area contributed by atoms with E-state index < -0.39 is 0 Å². The molecule has 0 saturated heterocycles. The highest BCUT2D eigenvalue weighted by Gasteiger charge is 2.35. The number of hydrazone groups is 1. The van der Waals surface area contributed by atoms with E-state index in [4.69, 9.17) is 4.74 Å². The Balaban J connectivity index is 1.66. The molecule has 7 heteroatoms. The van der Waals surface area contributed by atoms with Crippen molar-refractivity contribution >= 4 is 50.1 Å². The third kappa shape index (κ3) is 4.06. The molecule has 0 N–H and O–H groups in total. The summed E-state index contributed by atoms with van der Waals surface area (Å²) in [5.74, 6) is 0.995. The smallest absolute Gasteiger partial charge is 0.286 e. The van der Waals surface area contributed by atoms with Gasteiger partial charge in [-0.3, -0.25) is 4.79 Å². The standard InChI is InChI=1S/C22H21N3O2S2/c1-4-27-15(3)20-18(13-28-16-11-9-14(2)10-12-16)24-25(21(20)26)22-23-17-7-5-6-8-19(17)29-22/h5-12H,4,13H2,1-3H3/b20-15-. The number of allylic oxidation sites excluding steroid dienone is 1. The van der Waals surface area contributed by atoms with Crippen molar-refractivity contribution in [2.45, 2.75) is 25.7 Å². The van der Waals surface area contributed by atoms with Crippen molar-refractivity contribution < 1.29 is 9.53 Å². The molecule has 2 heterocycles. The molecule has 3 aromatic rings. The Morgan fingerprint density at radius 3 is 2.66 bits per heavy atom. The second-order valence-corrected chi connectivity index (χ2v) is 8.65. The molecule has 29 heavy (non-hydrogen) atoms. The predicted octanol–water partition coefficient (Wildman–Crippen LogP) is 5.41. The molecule has 0 spiro atoms. The van der Waals surface area contributed by atoms with Crippen LogP contribution in [0, 0.1) is 6.92 Å². The van der Waals surface area contributed by atoms with Crippen LogP contribution in [-0.4, -0.2) is 29.0 Å².